The molecule has 0 bridgehead atoms. The van der Waals surface area contributed by atoms with Gasteiger partial charge in [-0.15, -0.1) is 0 Å². The quantitative estimate of drug-likeness (QED) is 0.209. The summed E-state index contributed by atoms with van der Waals surface area (Å²) in [6.45, 7) is 4.03. The smallest absolute Gasteiger partial charge is 0.360 e. The maximum atomic E-state index is 13.9. The molecule has 2 atom stereocenters. The van der Waals surface area contributed by atoms with Gasteiger partial charge in [0.05, 0.1) is 35.6 Å². The van der Waals surface area contributed by atoms with E-state index < -0.39 is 23.8 Å². The molecule has 0 spiro atoms. The highest BCUT2D eigenvalue weighted by atomic mass is 32.1. The Morgan fingerprint density at radius 3 is 2.49 bits per heavy atom. The van der Waals surface area contributed by atoms with E-state index in [9.17, 15) is 18.0 Å². The number of thiocarbonyl (C=S) groups is 1. The van der Waals surface area contributed by atoms with Gasteiger partial charge in [0.2, 0.25) is 0 Å². The summed E-state index contributed by atoms with van der Waals surface area (Å²) in [6.07, 6.45) is 1.73. The fourth-order valence-electron chi connectivity index (χ4n) is 5.72. The molecule has 1 aromatic heterocycles. The number of nitrogens with two attached hydrogens (primary N) is 1. The fraction of sp³-hybridized carbons (Fsp3) is 0.438. The van der Waals surface area contributed by atoms with Crippen molar-refractivity contribution in [2.45, 2.75) is 77.4 Å². The van der Waals surface area contributed by atoms with E-state index in [-0.39, 0.29) is 41.4 Å². The summed E-state index contributed by atoms with van der Waals surface area (Å²) in [4.78, 5) is 19.7. The SMILES string of the molecule is CC(C)[C@H](C(=O)Cc1cncn1Cc1ccc(C#N)cc1)C(N)N(Cc1ccccc1C(F)(F)F)C(=S)NC1CCCC1. The monoisotopic (exact) mass is 610 g/mol. The van der Waals surface area contributed by atoms with Gasteiger partial charge in [0.1, 0.15) is 5.78 Å². The first-order valence-electron chi connectivity index (χ1n) is 14.5. The van der Waals surface area contributed by atoms with Crippen LogP contribution in [0.1, 0.15) is 67.5 Å². The highest BCUT2D eigenvalue weighted by Gasteiger charge is 2.37. The number of alkyl halides is 3. The minimum Gasteiger partial charge on any atom is -0.360 e. The molecule has 1 aliphatic rings. The first-order chi connectivity index (χ1) is 20.5. The molecule has 11 heteroatoms. The average molecular weight is 611 g/mol. The van der Waals surface area contributed by atoms with Crippen LogP contribution in [0.4, 0.5) is 13.2 Å². The second kappa shape index (κ2) is 14.1. The Labute approximate surface area is 255 Å². The third-order valence-electron chi connectivity index (χ3n) is 8.01. The van der Waals surface area contributed by atoms with Gasteiger partial charge in [-0.25, -0.2) is 4.98 Å². The first-order valence-corrected chi connectivity index (χ1v) is 14.9. The van der Waals surface area contributed by atoms with Gasteiger partial charge in [-0.3, -0.25) is 4.79 Å². The zero-order chi connectivity index (χ0) is 31.1. The number of rotatable bonds is 11. The van der Waals surface area contributed by atoms with Crippen molar-refractivity contribution in [1.29, 1.82) is 5.26 Å². The third-order valence-corrected chi connectivity index (χ3v) is 8.37. The van der Waals surface area contributed by atoms with E-state index in [0.717, 1.165) is 37.3 Å². The minimum atomic E-state index is -4.55. The van der Waals surface area contributed by atoms with Gasteiger partial charge in [0.15, 0.2) is 5.11 Å². The number of aromatic nitrogens is 2. The van der Waals surface area contributed by atoms with Crippen molar-refractivity contribution in [1.82, 2.24) is 19.8 Å². The van der Waals surface area contributed by atoms with Gasteiger partial charge < -0.3 is 20.5 Å². The van der Waals surface area contributed by atoms with Crippen LogP contribution >= 0.6 is 12.2 Å². The number of imidazole rings is 1. The molecular formula is C32H37F3N6OS. The van der Waals surface area contributed by atoms with E-state index in [2.05, 4.69) is 16.4 Å². The molecule has 228 valence electrons. The van der Waals surface area contributed by atoms with E-state index >= 15 is 0 Å². The Morgan fingerprint density at radius 2 is 1.86 bits per heavy atom. The average Bonchev–Trinajstić information content (AvgIpc) is 3.63. The van der Waals surface area contributed by atoms with Gasteiger partial charge in [0.25, 0.3) is 0 Å². The highest BCUT2D eigenvalue weighted by molar-refractivity contribution is 7.80. The standard InChI is InChI=1S/C32H37F3N6OS/c1-21(2)29(28(42)15-26-17-38-20-40(26)18-23-13-11-22(16-36)12-14-23)30(37)41(31(43)39-25-8-4-5-9-25)19-24-7-3-6-10-27(24)32(33,34)35/h3,6-7,10-14,17,20-21,25,29-30H,4-5,8-9,15,18-19,37H2,1-2H3,(H,39,43)/t29-,30?/m1/s1. The first kappa shape index (κ1) is 32.2. The van der Waals surface area contributed by atoms with Crippen molar-refractivity contribution < 1.29 is 18.0 Å². The van der Waals surface area contributed by atoms with Gasteiger partial charge in [0, 0.05) is 37.4 Å². The molecule has 7 nitrogen and oxygen atoms in total. The lowest BCUT2D eigenvalue weighted by Crippen LogP contribution is -2.57. The number of carbonyl (C=O) groups is 1. The predicted molar refractivity (Wildman–Crippen MR) is 162 cm³/mol. The van der Waals surface area contributed by atoms with Crippen molar-refractivity contribution in [2.75, 3.05) is 0 Å². The summed E-state index contributed by atoms with van der Waals surface area (Å²) in [5.41, 5.74) is 8.29. The number of benzene rings is 2. The van der Waals surface area contributed by atoms with Crippen molar-refractivity contribution >= 4 is 23.1 Å². The number of hydrogen-bond acceptors (Lipinski definition) is 5. The summed E-state index contributed by atoms with van der Waals surface area (Å²) >= 11 is 5.75. The van der Waals surface area contributed by atoms with E-state index in [1.165, 1.54) is 12.1 Å². The van der Waals surface area contributed by atoms with Crippen molar-refractivity contribution in [2.24, 2.45) is 17.6 Å². The molecule has 1 heterocycles. The number of carbonyl (C=O) groups excluding carboxylic acids is 1. The Balaban J connectivity index is 1.59. The molecule has 3 aromatic rings. The number of Topliss-reactive ketones (excluding diaryl/α,β-unsaturated/α-hetero) is 1. The van der Waals surface area contributed by atoms with Gasteiger partial charge in [-0.05, 0) is 60.3 Å². The number of ketones is 1. The normalized spacial score (nSPS) is 15.2. The molecule has 0 amide bonds. The number of halogens is 3. The maximum absolute atomic E-state index is 13.9. The molecule has 2 aromatic carbocycles. The second-order valence-electron chi connectivity index (χ2n) is 11.4. The second-order valence-corrected chi connectivity index (χ2v) is 11.8. The Morgan fingerprint density at radius 1 is 1.19 bits per heavy atom. The molecule has 1 saturated carbocycles. The number of nitrogens with one attached hydrogen (secondary N) is 1. The Kier molecular flexibility index (Phi) is 10.6. The summed E-state index contributed by atoms with van der Waals surface area (Å²) in [5, 5.41) is 12.6. The van der Waals surface area contributed by atoms with Gasteiger partial charge in [-0.1, -0.05) is 57.0 Å². The molecule has 43 heavy (non-hydrogen) atoms. The number of nitrogens with zero attached hydrogens (tertiary/aromatic N) is 4. The van der Waals surface area contributed by atoms with Crippen LogP contribution in [-0.4, -0.2) is 37.6 Å². The zero-order valence-corrected chi connectivity index (χ0v) is 25.2. The summed E-state index contributed by atoms with van der Waals surface area (Å²) in [5.74, 6) is -1.09. The minimum absolute atomic E-state index is 0.0384. The molecule has 1 unspecified atom stereocenters. The topological polar surface area (TPSA) is 100.0 Å². The molecule has 0 saturated heterocycles. The van der Waals surface area contributed by atoms with Crippen LogP contribution in [0.2, 0.25) is 0 Å². The van der Waals surface area contributed by atoms with Crippen LogP contribution in [-0.2, 0) is 30.5 Å². The van der Waals surface area contributed by atoms with Crippen LogP contribution in [0.15, 0.2) is 61.1 Å². The van der Waals surface area contributed by atoms with Crippen LogP contribution in [0.3, 0.4) is 0 Å². The summed E-state index contributed by atoms with van der Waals surface area (Å²) in [7, 11) is 0. The van der Waals surface area contributed by atoms with E-state index in [4.69, 9.17) is 23.2 Å². The molecule has 3 N–H and O–H groups in total. The predicted octanol–water partition coefficient (Wildman–Crippen LogP) is 5.81. The van der Waals surface area contributed by atoms with Crippen molar-refractivity contribution in [3.8, 4) is 6.07 Å². The lowest BCUT2D eigenvalue weighted by molar-refractivity contribution is -0.138. The third kappa shape index (κ3) is 8.21. The largest absolute Gasteiger partial charge is 0.416 e. The number of hydrogen-bond donors (Lipinski definition) is 2. The Hall–Kier alpha value is -3.75. The van der Waals surface area contributed by atoms with Crippen LogP contribution < -0.4 is 11.1 Å². The van der Waals surface area contributed by atoms with Crippen molar-refractivity contribution in [3.63, 3.8) is 0 Å². The van der Waals surface area contributed by atoms with Crippen LogP contribution in [0.25, 0.3) is 0 Å². The Bertz CT molecular complexity index is 1440. The van der Waals surface area contributed by atoms with Crippen molar-refractivity contribution in [3.05, 3.63) is 89.0 Å². The lowest BCUT2D eigenvalue weighted by Gasteiger charge is -2.38. The highest BCUT2D eigenvalue weighted by Crippen LogP contribution is 2.33. The molecule has 1 fully saturated rings. The maximum Gasteiger partial charge on any atom is 0.416 e. The molecule has 0 radical (unpaired) electrons. The molecule has 1 aliphatic carbocycles. The molecule has 4 rings (SSSR count). The summed E-state index contributed by atoms with van der Waals surface area (Å²) in [6, 6.07) is 14.8. The molecular weight excluding hydrogens is 573 g/mol. The molecule has 0 aliphatic heterocycles. The van der Waals surface area contributed by atoms with Gasteiger partial charge in [-0.2, -0.15) is 18.4 Å². The van der Waals surface area contributed by atoms with E-state index in [1.807, 2.05) is 30.5 Å². The van der Waals surface area contributed by atoms with Crippen LogP contribution in [0.5, 0.6) is 0 Å². The number of nitriles is 1. The zero-order valence-electron chi connectivity index (χ0n) is 24.3. The van der Waals surface area contributed by atoms with E-state index in [1.54, 1.807) is 35.6 Å². The fourth-order valence-corrected chi connectivity index (χ4v) is 6.08. The van der Waals surface area contributed by atoms with Crippen LogP contribution in [0, 0.1) is 23.2 Å². The lowest BCUT2D eigenvalue weighted by atomic mass is 9.86. The van der Waals surface area contributed by atoms with Gasteiger partial charge >= 0.3 is 6.18 Å². The summed E-state index contributed by atoms with van der Waals surface area (Å²) < 4.78 is 43.6. The van der Waals surface area contributed by atoms with E-state index in [0.29, 0.717) is 17.8 Å².